The van der Waals surface area contributed by atoms with Crippen LogP contribution in [0.5, 0.6) is 0 Å². The average Bonchev–Trinajstić information content (AvgIpc) is 2.56. The Morgan fingerprint density at radius 3 is 2.58 bits per heavy atom. The molecule has 0 saturated carbocycles. The molecule has 0 aliphatic carbocycles. The number of anilines is 1. The van der Waals surface area contributed by atoms with E-state index in [1.165, 1.54) is 11.0 Å². The Balaban J connectivity index is 2.03. The van der Waals surface area contributed by atoms with Crippen molar-refractivity contribution < 1.29 is 9.72 Å². The van der Waals surface area contributed by atoms with E-state index < -0.39 is 4.92 Å². The molecule has 24 heavy (non-hydrogen) atoms. The Hall–Kier alpha value is -2.67. The summed E-state index contributed by atoms with van der Waals surface area (Å²) < 4.78 is 0. The second kappa shape index (κ2) is 7.74. The fourth-order valence-corrected chi connectivity index (χ4v) is 2.32. The molecular formula is C16H17ClN4O3. The average molecular weight is 349 g/mol. The number of hydrogen-bond acceptors (Lipinski definition) is 5. The minimum Gasteiger partial charge on any atom is -0.360 e. The number of nitrogens with zero attached hydrogens (tertiary/aromatic N) is 4. The molecule has 0 atom stereocenters. The molecule has 0 N–H and O–H groups in total. The molecule has 0 bridgehead atoms. The monoisotopic (exact) mass is 348 g/mol. The fourth-order valence-electron chi connectivity index (χ4n) is 2.21. The van der Waals surface area contributed by atoms with Crippen molar-refractivity contribution in [1.82, 2.24) is 9.88 Å². The number of halogens is 1. The lowest BCUT2D eigenvalue weighted by atomic mass is 10.2. The van der Waals surface area contributed by atoms with E-state index in [0.717, 1.165) is 5.56 Å². The summed E-state index contributed by atoms with van der Waals surface area (Å²) in [5.41, 5.74) is 1.22. The van der Waals surface area contributed by atoms with Crippen molar-refractivity contribution in [1.29, 1.82) is 0 Å². The Morgan fingerprint density at radius 1 is 1.25 bits per heavy atom. The second-order valence-corrected chi connectivity index (χ2v) is 5.73. The first-order valence-electron chi connectivity index (χ1n) is 7.17. The highest BCUT2D eigenvalue weighted by molar-refractivity contribution is 6.29. The van der Waals surface area contributed by atoms with Crippen LogP contribution in [0.15, 0.2) is 42.6 Å². The van der Waals surface area contributed by atoms with Gasteiger partial charge in [-0.15, -0.1) is 0 Å². The van der Waals surface area contributed by atoms with E-state index in [0.29, 0.717) is 17.4 Å². The molecule has 0 unspecified atom stereocenters. The largest absolute Gasteiger partial charge is 0.360 e. The molecule has 7 nitrogen and oxygen atoms in total. The summed E-state index contributed by atoms with van der Waals surface area (Å²) in [7, 11) is 3.32. The van der Waals surface area contributed by atoms with Crippen LogP contribution in [0.1, 0.15) is 5.56 Å². The van der Waals surface area contributed by atoms with Crippen molar-refractivity contribution >= 4 is 28.9 Å². The molecule has 0 spiro atoms. The summed E-state index contributed by atoms with van der Waals surface area (Å²) in [5.74, 6) is -0.161. The third kappa shape index (κ3) is 4.42. The Kier molecular flexibility index (Phi) is 5.70. The highest BCUT2D eigenvalue weighted by Crippen LogP contribution is 2.26. The van der Waals surface area contributed by atoms with E-state index >= 15 is 0 Å². The highest BCUT2D eigenvalue weighted by atomic mass is 35.5. The van der Waals surface area contributed by atoms with Crippen molar-refractivity contribution in [3.05, 3.63) is 63.4 Å². The van der Waals surface area contributed by atoms with Crippen LogP contribution < -0.4 is 4.90 Å². The number of likely N-dealkylation sites (N-methyl/N-ethyl adjacent to an activating group) is 2. The van der Waals surface area contributed by atoms with Crippen molar-refractivity contribution in [2.45, 2.75) is 6.54 Å². The lowest BCUT2D eigenvalue weighted by Gasteiger charge is -2.23. The van der Waals surface area contributed by atoms with Gasteiger partial charge in [-0.05, 0) is 17.7 Å². The first-order valence-corrected chi connectivity index (χ1v) is 7.55. The van der Waals surface area contributed by atoms with Crippen molar-refractivity contribution in [3.8, 4) is 0 Å². The minimum absolute atomic E-state index is 0.0301. The van der Waals surface area contributed by atoms with Gasteiger partial charge in [0.05, 0.1) is 11.5 Å². The van der Waals surface area contributed by atoms with Gasteiger partial charge >= 0.3 is 0 Å². The highest BCUT2D eigenvalue weighted by Gasteiger charge is 2.19. The topological polar surface area (TPSA) is 79.6 Å². The summed E-state index contributed by atoms with van der Waals surface area (Å²) in [6.45, 7) is 0.413. The molecule has 0 saturated heterocycles. The van der Waals surface area contributed by atoms with Crippen LogP contribution in [0.3, 0.4) is 0 Å². The van der Waals surface area contributed by atoms with Crippen molar-refractivity contribution in [3.63, 3.8) is 0 Å². The van der Waals surface area contributed by atoms with Gasteiger partial charge in [0.25, 0.3) is 5.69 Å². The smallest absolute Gasteiger partial charge is 0.292 e. The standard InChI is InChI=1S/C16H17ClN4O3/c1-19(13-5-3-4-6-14(13)21(23)24)11-16(22)20(2)10-12-7-8-15(17)18-9-12/h3-9H,10-11H2,1-2H3. The lowest BCUT2D eigenvalue weighted by Crippen LogP contribution is -2.36. The Bertz CT molecular complexity index is 736. The number of amides is 1. The van der Waals surface area contributed by atoms with E-state index in [9.17, 15) is 14.9 Å². The van der Waals surface area contributed by atoms with E-state index in [2.05, 4.69) is 4.98 Å². The molecule has 1 aromatic heterocycles. The number of pyridine rings is 1. The Morgan fingerprint density at radius 2 is 1.96 bits per heavy atom. The summed E-state index contributed by atoms with van der Waals surface area (Å²) >= 11 is 5.73. The molecule has 0 aliphatic heterocycles. The van der Waals surface area contributed by atoms with Gasteiger partial charge in [0.1, 0.15) is 10.8 Å². The summed E-state index contributed by atoms with van der Waals surface area (Å²) in [5, 5.41) is 11.5. The molecule has 1 heterocycles. The summed E-state index contributed by atoms with van der Waals surface area (Å²) in [6, 6.07) is 9.79. The predicted octanol–water partition coefficient (Wildman–Crippen LogP) is 2.74. The number of nitro benzene ring substituents is 1. The molecule has 8 heteroatoms. The number of carbonyl (C=O) groups is 1. The molecule has 1 amide bonds. The number of carbonyl (C=O) groups excluding carboxylic acids is 1. The van der Waals surface area contributed by atoms with Gasteiger partial charge in [-0.25, -0.2) is 4.98 Å². The number of nitro groups is 1. The fraction of sp³-hybridized carbons (Fsp3) is 0.250. The maximum absolute atomic E-state index is 12.3. The summed E-state index contributed by atoms with van der Waals surface area (Å²) in [4.78, 5) is 30.0. The van der Waals surface area contributed by atoms with Crippen molar-refractivity contribution in [2.24, 2.45) is 0 Å². The van der Waals surface area contributed by atoms with Crippen LogP contribution in [0, 0.1) is 10.1 Å². The van der Waals surface area contributed by atoms with Crippen LogP contribution in [0.2, 0.25) is 5.15 Å². The minimum atomic E-state index is -0.459. The van der Waals surface area contributed by atoms with Gasteiger partial charge in [0.15, 0.2) is 0 Å². The van der Waals surface area contributed by atoms with Gasteiger partial charge in [-0.3, -0.25) is 14.9 Å². The number of benzene rings is 1. The second-order valence-electron chi connectivity index (χ2n) is 5.34. The first kappa shape index (κ1) is 17.7. The van der Waals surface area contributed by atoms with Crippen LogP contribution >= 0.6 is 11.6 Å². The maximum atomic E-state index is 12.3. The van der Waals surface area contributed by atoms with Crippen LogP contribution in [0.4, 0.5) is 11.4 Å². The molecule has 1 aromatic carbocycles. The molecular weight excluding hydrogens is 332 g/mol. The number of rotatable bonds is 6. The number of para-hydroxylation sites is 2. The molecule has 2 aromatic rings. The van der Waals surface area contributed by atoms with E-state index in [1.54, 1.807) is 55.5 Å². The Labute approximate surface area is 144 Å². The third-order valence-corrected chi connectivity index (χ3v) is 3.72. The van der Waals surface area contributed by atoms with Crippen molar-refractivity contribution in [2.75, 3.05) is 25.5 Å². The quantitative estimate of drug-likeness (QED) is 0.455. The van der Waals surface area contributed by atoms with Gasteiger partial charge in [0.2, 0.25) is 5.91 Å². The SMILES string of the molecule is CN(Cc1ccc(Cl)nc1)C(=O)CN(C)c1ccccc1[N+](=O)[O-]. The molecule has 0 fully saturated rings. The zero-order chi connectivity index (χ0) is 17.7. The van der Waals surface area contributed by atoms with Gasteiger partial charge in [-0.2, -0.15) is 0 Å². The van der Waals surface area contributed by atoms with Gasteiger partial charge < -0.3 is 9.80 Å². The zero-order valence-electron chi connectivity index (χ0n) is 13.3. The molecule has 0 radical (unpaired) electrons. The third-order valence-electron chi connectivity index (χ3n) is 3.50. The van der Waals surface area contributed by atoms with Gasteiger partial charge in [-0.1, -0.05) is 29.8 Å². The lowest BCUT2D eigenvalue weighted by molar-refractivity contribution is -0.384. The van der Waals surface area contributed by atoms with E-state index in [4.69, 9.17) is 11.6 Å². The first-order chi connectivity index (χ1) is 11.4. The van der Waals surface area contributed by atoms with E-state index in [-0.39, 0.29) is 18.1 Å². The number of hydrogen-bond donors (Lipinski definition) is 0. The summed E-state index contributed by atoms with van der Waals surface area (Å²) in [6.07, 6.45) is 1.61. The molecule has 126 valence electrons. The predicted molar refractivity (Wildman–Crippen MR) is 92.1 cm³/mol. The number of aromatic nitrogens is 1. The van der Waals surface area contributed by atoms with Gasteiger partial charge in [0, 0.05) is 32.9 Å². The normalized spacial score (nSPS) is 10.3. The van der Waals surface area contributed by atoms with E-state index in [1.807, 2.05) is 0 Å². The van der Waals surface area contributed by atoms with Crippen LogP contribution in [-0.4, -0.2) is 41.4 Å². The zero-order valence-corrected chi connectivity index (χ0v) is 14.1. The van der Waals surface area contributed by atoms with Crippen LogP contribution in [-0.2, 0) is 11.3 Å². The molecule has 0 aliphatic rings. The van der Waals surface area contributed by atoms with Crippen LogP contribution in [0.25, 0.3) is 0 Å². The molecule has 2 rings (SSSR count). The maximum Gasteiger partial charge on any atom is 0.292 e.